The minimum absolute atomic E-state index is 0.350. The molecular formula is C12H17NO2. The van der Waals surface area contributed by atoms with E-state index < -0.39 is 0 Å². The fourth-order valence-corrected chi connectivity index (χ4v) is 1.32. The van der Waals surface area contributed by atoms with Crippen molar-refractivity contribution < 1.29 is 9.53 Å². The van der Waals surface area contributed by atoms with Crippen LogP contribution >= 0.6 is 0 Å². The molecule has 3 nitrogen and oxygen atoms in total. The Kier molecular flexibility index (Phi) is 3.72. The van der Waals surface area contributed by atoms with Gasteiger partial charge in [0.25, 0.3) is 0 Å². The molecule has 0 saturated carbocycles. The summed E-state index contributed by atoms with van der Waals surface area (Å²) in [6.45, 7) is 6.28. The number of nitrogen functional groups attached to an aromatic ring is 1. The summed E-state index contributed by atoms with van der Waals surface area (Å²) in [7, 11) is 0. The van der Waals surface area contributed by atoms with Crippen LogP contribution in [0.1, 0.15) is 42.6 Å². The maximum Gasteiger partial charge on any atom is 0.340 e. The number of hydrogen-bond acceptors (Lipinski definition) is 3. The number of ether oxygens (including phenoxy) is 1. The van der Waals surface area contributed by atoms with Crippen molar-refractivity contribution in [2.24, 2.45) is 0 Å². The Morgan fingerprint density at radius 1 is 1.47 bits per heavy atom. The van der Waals surface area contributed by atoms with Crippen molar-refractivity contribution in [3.8, 4) is 0 Å². The van der Waals surface area contributed by atoms with E-state index in [9.17, 15) is 4.79 Å². The highest BCUT2D eigenvalue weighted by molar-refractivity contribution is 5.95. The molecule has 0 saturated heterocycles. The number of anilines is 1. The van der Waals surface area contributed by atoms with E-state index in [4.69, 9.17) is 10.5 Å². The fourth-order valence-electron chi connectivity index (χ4n) is 1.32. The molecule has 0 unspecified atom stereocenters. The molecule has 1 aromatic carbocycles. The van der Waals surface area contributed by atoms with E-state index in [-0.39, 0.29) is 5.97 Å². The highest BCUT2D eigenvalue weighted by atomic mass is 16.5. The smallest absolute Gasteiger partial charge is 0.340 e. The van der Waals surface area contributed by atoms with Crippen molar-refractivity contribution >= 4 is 11.7 Å². The van der Waals surface area contributed by atoms with Gasteiger partial charge in [-0.15, -0.1) is 0 Å². The Balaban J connectivity index is 3.05. The van der Waals surface area contributed by atoms with Crippen molar-refractivity contribution in [2.75, 3.05) is 12.3 Å². The monoisotopic (exact) mass is 207 g/mol. The minimum atomic E-state index is -0.350. The Hall–Kier alpha value is -1.51. The number of carbonyl (C=O) groups is 1. The summed E-state index contributed by atoms with van der Waals surface area (Å²) in [4.78, 5) is 11.5. The summed E-state index contributed by atoms with van der Waals surface area (Å²) in [6.07, 6.45) is 0. The molecule has 0 aliphatic carbocycles. The molecule has 3 heteroatoms. The van der Waals surface area contributed by atoms with E-state index in [2.05, 4.69) is 13.8 Å². The Morgan fingerprint density at radius 3 is 2.67 bits per heavy atom. The molecule has 0 fully saturated rings. The molecule has 0 bridgehead atoms. The SMILES string of the molecule is CCOC(=O)c1cc(C(C)C)ccc1N. The number of hydrogen-bond donors (Lipinski definition) is 1. The molecule has 0 atom stereocenters. The van der Waals surface area contributed by atoms with Crippen molar-refractivity contribution in [2.45, 2.75) is 26.7 Å². The molecule has 0 heterocycles. The number of esters is 1. The van der Waals surface area contributed by atoms with Crippen LogP contribution in [-0.2, 0) is 4.74 Å². The van der Waals surface area contributed by atoms with E-state index in [1.165, 1.54) is 0 Å². The summed E-state index contributed by atoms with van der Waals surface area (Å²) in [5.41, 5.74) is 7.74. The largest absolute Gasteiger partial charge is 0.462 e. The van der Waals surface area contributed by atoms with Crippen LogP contribution in [0.5, 0.6) is 0 Å². The molecule has 15 heavy (non-hydrogen) atoms. The molecule has 1 aromatic rings. The molecule has 0 aromatic heterocycles. The third-order valence-corrected chi connectivity index (χ3v) is 2.24. The van der Waals surface area contributed by atoms with Crippen molar-refractivity contribution in [1.82, 2.24) is 0 Å². The summed E-state index contributed by atoms with van der Waals surface area (Å²) < 4.78 is 4.92. The molecular weight excluding hydrogens is 190 g/mol. The number of benzene rings is 1. The lowest BCUT2D eigenvalue weighted by molar-refractivity contribution is 0.0527. The van der Waals surface area contributed by atoms with Gasteiger partial charge in [0, 0.05) is 5.69 Å². The average molecular weight is 207 g/mol. The lowest BCUT2D eigenvalue weighted by Gasteiger charge is -2.10. The predicted molar refractivity (Wildman–Crippen MR) is 60.9 cm³/mol. The standard InChI is InChI=1S/C12H17NO2/c1-4-15-12(14)10-7-9(8(2)3)5-6-11(10)13/h5-8H,4,13H2,1-3H3. The van der Waals surface area contributed by atoms with Gasteiger partial charge in [-0.05, 0) is 30.5 Å². The second-order valence-corrected chi connectivity index (χ2v) is 3.72. The van der Waals surface area contributed by atoms with Gasteiger partial charge in [-0.1, -0.05) is 19.9 Å². The van der Waals surface area contributed by atoms with Gasteiger partial charge in [0.2, 0.25) is 0 Å². The second kappa shape index (κ2) is 4.82. The first-order valence-electron chi connectivity index (χ1n) is 5.12. The highest BCUT2D eigenvalue weighted by Gasteiger charge is 2.12. The molecule has 2 N–H and O–H groups in total. The summed E-state index contributed by atoms with van der Waals surface area (Å²) in [5, 5.41) is 0. The topological polar surface area (TPSA) is 52.3 Å². The normalized spacial score (nSPS) is 10.4. The predicted octanol–water partition coefficient (Wildman–Crippen LogP) is 2.57. The molecule has 0 radical (unpaired) electrons. The van der Waals surface area contributed by atoms with Gasteiger partial charge in [-0.3, -0.25) is 0 Å². The van der Waals surface area contributed by atoms with Gasteiger partial charge in [-0.25, -0.2) is 4.79 Å². The number of nitrogens with two attached hydrogens (primary N) is 1. The average Bonchev–Trinajstić information content (AvgIpc) is 2.18. The third-order valence-electron chi connectivity index (χ3n) is 2.24. The van der Waals surface area contributed by atoms with Gasteiger partial charge in [-0.2, -0.15) is 0 Å². The van der Waals surface area contributed by atoms with Crippen molar-refractivity contribution in [3.63, 3.8) is 0 Å². The van der Waals surface area contributed by atoms with Gasteiger partial charge < -0.3 is 10.5 Å². The Labute approximate surface area is 90.2 Å². The van der Waals surface area contributed by atoms with Crippen molar-refractivity contribution in [3.05, 3.63) is 29.3 Å². The van der Waals surface area contributed by atoms with Crippen LogP contribution in [0.15, 0.2) is 18.2 Å². The van der Waals surface area contributed by atoms with E-state index >= 15 is 0 Å². The van der Waals surface area contributed by atoms with E-state index in [1.54, 1.807) is 19.1 Å². The van der Waals surface area contributed by atoms with Crippen LogP contribution in [0.25, 0.3) is 0 Å². The van der Waals surface area contributed by atoms with Gasteiger partial charge in [0.1, 0.15) is 0 Å². The maximum atomic E-state index is 11.5. The van der Waals surface area contributed by atoms with Crippen LogP contribution in [0.2, 0.25) is 0 Å². The molecule has 0 amide bonds. The van der Waals surface area contributed by atoms with Crippen LogP contribution in [0.4, 0.5) is 5.69 Å². The van der Waals surface area contributed by atoms with Crippen LogP contribution in [-0.4, -0.2) is 12.6 Å². The number of rotatable bonds is 3. The lowest BCUT2D eigenvalue weighted by atomic mass is 10.00. The highest BCUT2D eigenvalue weighted by Crippen LogP contribution is 2.21. The zero-order valence-corrected chi connectivity index (χ0v) is 9.41. The Morgan fingerprint density at radius 2 is 2.13 bits per heavy atom. The second-order valence-electron chi connectivity index (χ2n) is 3.72. The quantitative estimate of drug-likeness (QED) is 0.612. The summed E-state index contributed by atoms with van der Waals surface area (Å²) in [5.74, 6) is 0.0243. The maximum absolute atomic E-state index is 11.5. The van der Waals surface area contributed by atoms with Crippen LogP contribution in [0, 0.1) is 0 Å². The summed E-state index contributed by atoms with van der Waals surface area (Å²) >= 11 is 0. The number of carbonyl (C=O) groups excluding carboxylic acids is 1. The van der Waals surface area contributed by atoms with Gasteiger partial charge >= 0.3 is 5.97 Å². The zero-order valence-electron chi connectivity index (χ0n) is 9.41. The zero-order chi connectivity index (χ0) is 11.4. The molecule has 82 valence electrons. The first-order chi connectivity index (χ1) is 7.06. The van der Waals surface area contributed by atoms with Crippen LogP contribution < -0.4 is 5.73 Å². The first kappa shape index (κ1) is 11.6. The van der Waals surface area contributed by atoms with Crippen molar-refractivity contribution in [1.29, 1.82) is 0 Å². The van der Waals surface area contributed by atoms with Gasteiger partial charge in [0.05, 0.1) is 12.2 Å². The molecule has 0 aliphatic heterocycles. The lowest BCUT2D eigenvalue weighted by Crippen LogP contribution is -2.08. The van der Waals surface area contributed by atoms with Gasteiger partial charge in [0.15, 0.2) is 0 Å². The van der Waals surface area contributed by atoms with E-state index in [0.29, 0.717) is 23.8 Å². The van der Waals surface area contributed by atoms with E-state index in [0.717, 1.165) is 5.56 Å². The third kappa shape index (κ3) is 2.72. The fraction of sp³-hybridized carbons (Fsp3) is 0.417. The molecule has 0 aliphatic rings. The summed E-state index contributed by atoms with van der Waals surface area (Å²) in [6, 6.07) is 5.49. The minimum Gasteiger partial charge on any atom is -0.462 e. The van der Waals surface area contributed by atoms with Crippen LogP contribution in [0.3, 0.4) is 0 Å². The first-order valence-corrected chi connectivity index (χ1v) is 5.12. The molecule has 0 spiro atoms. The Bertz CT molecular complexity index is 359. The van der Waals surface area contributed by atoms with E-state index in [1.807, 2.05) is 6.07 Å². The molecule has 1 rings (SSSR count).